The summed E-state index contributed by atoms with van der Waals surface area (Å²) >= 11 is 0. The molecule has 2 aromatic carbocycles. The minimum Gasteiger partial charge on any atom is -0.493 e. The van der Waals surface area contributed by atoms with E-state index in [2.05, 4.69) is 34.5 Å². The number of fused-ring (bicyclic) bond motifs is 3. The summed E-state index contributed by atoms with van der Waals surface area (Å²) in [5.41, 5.74) is 2.40. The van der Waals surface area contributed by atoms with E-state index in [9.17, 15) is 0 Å². The minimum absolute atomic E-state index is 0.550. The topological polar surface area (TPSA) is 33.7 Å². The SMILES string of the molecule is COc1cc(CN[C@H]2CN3CCC2CC3)ccc1OCc1ccccc1. The maximum atomic E-state index is 5.95. The molecule has 138 valence electrons. The second-order valence-electron chi connectivity index (χ2n) is 7.38. The van der Waals surface area contributed by atoms with Crippen LogP contribution in [0.25, 0.3) is 0 Å². The lowest BCUT2D eigenvalue weighted by molar-refractivity contribution is 0.0720. The largest absolute Gasteiger partial charge is 0.493 e. The summed E-state index contributed by atoms with van der Waals surface area (Å²) in [6.07, 6.45) is 2.68. The number of rotatable bonds is 7. The van der Waals surface area contributed by atoms with Crippen molar-refractivity contribution in [2.45, 2.75) is 32.0 Å². The van der Waals surface area contributed by atoms with Crippen LogP contribution in [0.2, 0.25) is 0 Å². The van der Waals surface area contributed by atoms with E-state index in [-0.39, 0.29) is 0 Å². The first-order valence-electron chi connectivity index (χ1n) is 9.61. The first-order valence-corrected chi connectivity index (χ1v) is 9.61. The number of benzene rings is 2. The summed E-state index contributed by atoms with van der Waals surface area (Å²) in [7, 11) is 1.70. The number of piperidine rings is 3. The van der Waals surface area contributed by atoms with E-state index >= 15 is 0 Å². The van der Waals surface area contributed by atoms with E-state index in [1.165, 1.54) is 38.0 Å². The van der Waals surface area contributed by atoms with Crippen molar-refractivity contribution in [3.05, 3.63) is 59.7 Å². The smallest absolute Gasteiger partial charge is 0.161 e. The summed E-state index contributed by atoms with van der Waals surface area (Å²) < 4.78 is 11.5. The van der Waals surface area contributed by atoms with Crippen LogP contribution in [0.5, 0.6) is 11.5 Å². The molecule has 3 aliphatic heterocycles. The summed E-state index contributed by atoms with van der Waals surface area (Å²) in [5, 5.41) is 3.76. The molecule has 3 aliphatic rings. The highest BCUT2D eigenvalue weighted by Crippen LogP contribution is 2.30. The van der Waals surface area contributed by atoms with E-state index in [1.807, 2.05) is 24.3 Å². The number of nitrogens with one attached hydrogen (secondary N) is 1. The first-order chi connectivity index (χ1) is 12.8. The molecule has 2 bridgehead atoms. The number of methoxy groups -OCH3 is 1. The van der Waals surface area contributed by atoms with Crippen molar-refractivity contribution in [3.63, 3.8) is 0 Å². The van der Waals surface area contributed by atoms with Gasteiger partial charge < -0.3 is 19.7 Å². The van der Waals surface area contributed by atoms with Crippen LogP contribution in [0.4, 0.5) is 0 Å². The molecule has 0 radical (unpaired) electrons. The fraction of sp³-hybridized carbons (Fsp3) is 0.455. The maximum absolute atomic E-state index is 5.95. The van der Waals surface area contributed by atoms with Crippen LogP contribution in [-0.4, -0.2) is 37.7 Å². The van der Waals surface area contributed by atoms with E-state index in [0.29, 0.717) is 12.6 Å². The number of ether oxygens (including phenoxy) is 2. The van der Waals surface area contributed by atoms with E-state index in [1.54, 1.807) is 7.11 Å². The van der Waals surface area contributed by atoms with Crippen molar-refractivity contribution in [3.8, 4) is 11.5 Å². The highest BCUT2D eigenvalue weighted by atomic mass is 16.5. The van der Waals surface area contributed by atoms with Gasteiger partial charge in [-0.3, -0.25) is 0 Å². The van der Waals surface area contributed by atoms with Gasteiger partial charge in [-0.1, -0.05) is 36.4 Å². The minimum atomic E-state index is 0.550. The number of hydrogen-bond donors (Lipinski definition) is 1. The predicted octanol–water partition coefficient (Wildman–Crippen LogP) is 3.46. The molecule has 0 amide bonds. The van der Waals surface area contributed by atoms with Gasteiger partial charge in [-0.05, 0) is 55.1 Å². The molecule has 1 atom stereocenters. The molecule has 2 aromatic rings. The monoisotopic (exact) mass is 352 g/mol. The van der Waals surface area contributed by atoms with Gasteiger partial charge in [0.25, 0.3) is 0 Å². The van der Waals surface area contributed by atoms with Crippen LogP contribution in [0.3, 0.4) is 0 Å². The molecular weight excluding hydrogens is 324 g/mol. The van der Waals surface area contributed by atoms with Gasteiger partial charge in [-0.15, -0.1) is 0 Å². The zero-order valence-electron chi connectivity index (χ0n) is 15.5. The van der Waals surface area contributed by atoms with Gasteiger partial charge in [-0.25, -0.2) is 0 Å². The average molecular weight is 352 g/mol. The molecule has 3 saturated heterocycles. The van der Waals surface area contributed by atoms with Gasteiger partial charge >= 0.3 is 0 Å². The Morgan fingerprint density at radius 3 is 2.50 bits per heavy atom. The van der Waals surface area contributed by atoms with E-state index < -0.39 is 0 Å². The summed E-state index contributed by atoms with van der Waals surface area (Å²) in [4.78, 5) is 2.58. The van der Waals surface area contributed by atoms with Gasteiger partial charge in [0.2, 0.25) is 0 Å². The third-order valence-electron chi connectivity index (χ3n) is 5.69. The molecule has 4 heteroatoms. The molecule has 0 spiro atoms. The van der Waals surface area contributed by atoms with Gasteiger partial charge in [0, 0.05) is 19.1 Å². The van der Waals surface area contributed by atoms with Gasteiger partial charge in [-0.2, -0.15) is 0 Å². The standard InChI is InChI=1S/C22H28N2O2/c1-25-22-13-18(14-23-20-15-24-11-9-19(20)10-12-24)7-8-21(22)26-16-17-5-3-2-4-6-17/h2-8,13,19-20,23H,9-12,14-16H2,1H3/t20-/m0/s1. The van der Waals surface area contributed by atoms with Crippen molar-refractivity contribution in [1.29, 1.82) is 0 Å². The molecule has 0 unspecified atom stereocenters. The highest BCUT2D eigenvalue weighted by molar-refractivity contribution is 5.43. The third kappa shape index (κ3) is 4.02. The third-order valence-corrected chi connectivity index (χ3v) is 5.69. The molecule has 0 aromatic heterocycles. The maximum Gasteiger partial charge on any atom is 0.161 e. The van der Waals surface area contributed by atoms with Crippen LogP contribution in [0.15, 0.2) is 48.5 Å². The lowest BCUT2D eigenvalue weighted by Crippen LogP contribution is -2.55. The summed E-state index contributed by atoms with van der Waals surface area (Å²) in [6, 6.07) is 17.1. The Labute approximate surface area is 156 Å². The van der Waals surface area contributed by atoms with Crippen LogP contribution < -0.4 is 14.8 Å². The van der Waals surface area contributed by atoms with E-state index in [4.69, 9.17) is 9.47 Å². The number of hydrogen-bond acceptors (Lipinski definition) is 4. The number of nitrogens with zero attached hydrogens (tertiary/aromatic N) is 1. The Balaban J connectivity index is 1.35. The molecule has 26 heavy (non-hydrogen) atoms. The Kier molecular flexibility index (Phi) is 5.42. The molecule has 0 saturated carbocycles. The second-order valence-corrected chi connectivity index (χ2v) is 7.38. The highest BCUT2D eigenvalue weighted by Gasteiger charge is 2.33. The van der Waals surface area contributed by atoms with Crippen LogP contribution in [0, 0.1) is 5.92 Å². The predicted molar refractivity (Wildman–Crippen MR) is 104 cm³/mol. The zero-order valence-corrected chi connectivity index (χ0v) is 15.5. The van der Waals surface area contributed by atoms with E-state index in [0.717, 1.165) is 29.5 Å². The molecule has 3 heterocycles. The first kappa shape index (κ1) is 17.4. The summed E-state index contributed by atoms with van der Waals surface area (Å²) in [5.74, 6) is 2.44. The fourth-order valence-corrected chi connectivity index (χ4v) is 4.12. The van der Waals surface area contributed by atoms with Crippen molar-refractivity contribution in [2.75, 3.05) is 26.7 Å². The Morgan fingerprint density at radius 2 is 1.81 bits per heavy atom. The van der Waals surface area contributed by atoms with Crippen molar-refractivity contribution in [1.82, 2.24) is 10.2 Å². The normalized spacial score (nSPS) is 24.4. The van der Waals surface area contributed by atoms with Gasteiger partial charge in [0.1, 0.15) is 6.61 Å². The molecule has 4 nitrogen and oxygen atoms in total. The summed E-state index contributed by atoms with van der Waals surface area (Å²) in [6.45, 7) is 5.19. The lowest BCUT2D eigenvalue weighted by Gasteiger charge is -2.45. The fourth-order valence-electron chi connectivity index (χ4n) is 4.12. The zero-order chi connectivity index (χ0) is 17.8. The molecule has 1 N–H and O–H groups in total. The Hall–Kier alpha value is -2.04. The van der Waals surface area contributed by atoms with Crippen LogP contribution >= 0.6 is 0 Å². The lowest BCUT2D eigenvalue weighted by atomic mass is 9.84. The molecule has 3 fully saturated rings. The van der Waals surface area contributed by atoms with Crippen molar-refractivity contribution >= 4 is 0 Å². The van der Waals surface area contributed by atoms with Crippen molar-refractivity contribution < 1.29 is 9.47 Å². The van der Waals surface area contributed by atoms with Gasteiger partial charge in [0.15, 0.2) is 11.5 Å². The quantitative estimate of drug-likeness (QED) is 0.827. The Bertz CT molecular complexity index is 711. The Morgan fingerprint density at radius 1 is 1.00 bits per heavy atom. The molecule has 0 aliphatic carbocycles. The molecular formula is C22H28N2O2. The molecule has 5 rings (SSSR count). The van der Waals surface area contributed by atoms with Crippen LogP contribution in [0.1, 0.15) is 24.0 Å². The van der Waals surface area contributed by atoms with Gasteiger partial charge in [0.05, 0.1) is 7.11 Å². The van der Waals surface area contributed by atoms with Crippen LogP contribution in [-0.2, 0) is 13.2 Å². The second kappa shape index (κ2) is 8.11. The van der Waals surface area contributed by atoms with Crippen molar-refractivity contribution in [2.24, 2.45) is 5.92 Å². The average Bonchev–Trinajstić information content (AvgIpc) is 2.72.